The largest absolute Gasteiger partial charge is 0.368 e. The van der Waals surface area contributed by atoms with Gasteiger partial charge in [0.05, 0.1) is 0 Å². The molecule has 5 heteroatoms. The number of nitrogens with zero attached hydrogens (tertiary/aromatic N) is 4. The summed E-state index contributed by atoms with van der Waals surface area (Å²) < 4.78 is 2.29. The van der Waals surface area contributed by atoms with Crippen LogP contribution in [0.4, 0.5) is 0 Å². The molecule has 5 nitrogen and oxygen atoms in total. The summed E-state index contributed by atoms with van der Waals surface area (Å²) in [6.07, 6.45) is 0. The molecule has 0 atom stereocenters. The molecule has 1 heterocycles. The number of aryl methyl sites for hydroxylation is 1. The highest BCUT2D eigenvalue weighted by atomic mass is 16.2. The van der Waals surface area contributed by atoms with Crippen LogP contribution in [0.25, 0.3) is 5.70 Å². The lowest BCUT2D eigenvalue weighted by atomic mass is 10.6. The van der Waals surface area contributed by atoms with Gasteiger partial charge in [-0.3, -0.25) is 0 Å². The van der Waals surface area contributed by atoms with E-state index in [1.54, 1.807) is 0 Å². The van der Waals surface area contributed by atoms with Crippen molar-refractivity contribution in [1.82, 2.24) is 19.8 Å². The van der Waals surface area contributed by atoms with Gasteiger partial charge in [-0.2, -0.15) is 9.36 Å². The summed E-state index contributed by atoms with van der Waals surface area (Å²) in [5.74, 6) is 0. The van der Waals surface area contributed by atoms with E-state index in [9.17, 15) is 4.79 Å². The Morgan fingerprint density at radius 2 is 2.27 bits per heavy atom. The minimum absolute atomic E-state index is 0.299. The van der Waals surface area contributed by atoms with Gasteiger partial charge in [-0.1, -0.05) is 6.58 Å². The Bertz CT molecular complexity index is 322. The van der Waals surface area contributed by atoms with E-state index in [1.165, 1.54) is 4.68 Å². The van der Waals surface area contributed by atoms with Gasteiger partial charge in [0, 0.05) is 12.2 Å². The molecule has 0 bridgehead atoms. The number of rotatable bonds is 2. The molecule has 1 aromatic rings. The SMILES string of the molecule is [CH2]C(=C)n1nnn(CC)c1=O. The van der Waals surface area contributed by atoms with E-state index in [0.29, 0.717) is 12.2 Å². The smallest absolute Gasteiger partial charge is 0.244 e. The second-order valence-corrected chi connectivity index (χ2v) is 2.06. The van der Waals surface area contributed by atoms with Crippen LogP contribution in [0.5, 0.6) is 0 Å². The fourth-order valence-corrected chi connectivity index (χ4v) is 0.671. The zero-order valence-electron chi connectivity index (χ0n) is 6.32. The van der Waals surface area contributed by atoms with Gasteiger partial charge in [0.15, 0.2) is 0 Å². The highest BCUT2D eigenvalue weighted by Crippen LogP contribution is 1.87. The minimum atomic E-state index is -0.299. The van der Waals surface area contributed by atoms with E-state index < -0.39 is 0 Å². The van der Waals surface area contributed by atoms with Gasteiger partial charge < -0.3 is 0 Å². The summed E-state index contributed by atoms with van der Waals surface area (Å²) in [6, 6.07) is 0. The lowest BCUT2D eigenvalue weighted by Crippen LogP contribution is -2.23. The zero-order chi connectivity index (χ0) is 8.43. The Hall–Kier alpha value is -1.39. The number of allylic oxidation sites excluding steroid dienone is 1. The number of hydrogen-bond acceptors (Lipinski definition) is 3. The maximum absolute atomic E-state index is 11.1. The molecule has 1 rings (SSSR count). The van der Waals surface area contributed by atoms with E-state index in [-0.39, 0.29) is 5.69 Å². The lowest BCUT2D eigenvalue weighted by Gasteiger charge is -1.91. The van der Waals surface area contributed by atoms with Gasteiger partial charge in [0.2, 0.25) is 0 Å². The van der Waals surface area contributed by atoms with Crippen LogP contribution in [0.15, 0.2) is 11.4 Å². The number of hydrogen-bond donors (Lipinski definition) is 0. The van der Waals surface area contributed by atoms with Crippen molar-refractivity contribution < 1.29 is 0 Å². The van der Waals surface area contributed by atoms with Crippen molar-refractivity contribution in [1.29, 1.82) is 0 Å². The second-order valence-electron chi connectivity index (χ2n) is 2.06. The third kappa shape index (κ3) is 1.21. The molecule has 0 aliphatic rings. The van der Waals surface area contributed by atoms with Crippen LogP contribution < -0.4 is 5.69 Å². The second kappa shape index (κ2) is 2.69. The third-order valence-corrected chi connectivity index (χ3v) is 1.24. The van der Waals surface area contributed by atoms with E-state index in [2.05, 4.69) is 23.9 Å². The van der Waals surface area contributed by atoms with Gasteiger partial charge in [-0.25, -0.2) is 4.79 Å². The van der Waals surface area contributed by atoms with Gasteiger partial charge >= 0.3 is 5.69 Å². The molecular weight excluding hydrogens is 144 g/mol. The predicted molar refractivity (Wildman–Crippen MR) is 40.6 cm³/mol. The summed E-state index contributed by atoms with van der Waals surface area (Å²) in [4.78, 5) is 11.1. The van der Waals surface area contributed by atoms with Crippen molar-refractivity contribution in [2.24, 2.45) is 0 Å². The summed E-state index contributed by atoms with van der Waals surface area (Å²) in [7, 11) is 0. The normalized spacial score (nSPS) is 10.0. The van der Waals surface area contributed by atoms with E-state index in [4.69, 9.17) is 0 Å². The standard InChI is InChI=1S/C6H9N4O/c1-4-9-6(11)10(5(2)3)8-7-9/h2-4H2,1H3. The van der Waals surface area contributed by atoms with Gasteiger partial charge in [0.1, 0.15) is 0 Å². The number of aromatic nitrogens is 4. The summed E-state index contributed by atoms with van der Waals surface area (Å²) in [5.41, 5.74) is 0.0298. The molecule has 0 saturated heterocycles. The minimum Gasteiger partial charge on any atom is -0.244 e. The fraction of sp³-hybridized carbons (Fsp3) is 0.333. The maximum atomic E-state index is 11.1. The summed E-state index contributed by atoms with van der Waals surface area (Å²) in [6.45, 7) is 9.26. The van der Waals surface area contributed by atoms with E-state index >= 15 is 0 Å². The highest BCUT2D eigenvalue weighted by molar-refractivity contribution is 5.42. The van der Waals surface area contributed by atoms with Crippen LogP contribution in [0.3, 0.4) is 0 Å². The van der Waals surface area contributed by atoms with Crippen LogP contribution in [-0.4, -0.2) is 19.8 Å². The monoisotopic (exact) mass is 153 g/mol. The molecule has 11 heavy (non-hydrogen) atoms. The first-order valence-corrected chi connectivity index (χ1v) is 3.21. The first-order chi connectivity index (χ1) is 5.16. The first kappa shape index (κ1) is 7.71. The van der Waals surface area contributed by atoms with Gasteiger partial charge in [0.25, 0.3) is 0 Å². The summed E-state index contributed by atoms with van der Waals surface area (Å²) >= 11 is 0. The molecule has 0 aliphatic heterocycles. The molecule has 0 saturated carbocycles. The molecule has 0 aromatic carbocycles. The Balaban J connectivity index is 3.22. The number of tetrazole rings is 1. The quantitative estimate of drug-likeness (QED) is 0.589. The van der Waals surface area contributed by atoms with E-state index in [1.807, 2.05) is 6.92 Å². The van der Waals surface area contributed by atoms with E-state index in [0.717, 1.165) is 4.68 Å². The molecule has 0 fully saturated rings. The molecule has 0 aliphatic carbocycles. The van der Waals surface area contributed by atoms with Crippen LogP contribution in [0, 0.1) is 6.92 Å². The van der Waals surface area contributed by atoms with Crippen molar-refractivity contribution in [2.75, 3.05) is 0 Å². The molecule has 0 N–H and O–H groups in total. The molecule has 1 radical (unpaired) electrons. The van der Waals surface area contributed by atoms with Crippen molar-refractivity contribution >= 4 is 5.70 Å². The maximum Gasteiger partial charge on any atom is 0.368 e. The molecule has 0 amide bonds. The first-order valence-electron chi connectivity index (χ1n) is 3.21. The fourth-order valence-electron chi connectivity index (χ4n) is 0.671. The predicted octanol–water partition coefficient (Wildman–Crippen LogP) is -0.236. The van der Waals surface area contributed by atoms with Crippen LogP contribution in [-0.2, 0) is 6.54 Å². The molecule has 0 spiro atoms. The molecule has 0 unspecified atom stereocenters. The molecular formula is C6H9N4O. The topological polar surface area (TPSA) is 52.7 Å². The van der Waals surface area contributed by atoms with Crippen LogP contribution >= 0.6 is 0 Å². The average molecular weight is 153 g/mol. The molecule has 59 valence electrons. The van der Waals surface area contributed by atoms with Crippen molar-refractivity contribution in [3.63, 3.8) is 0 Å². The van der Waals surface area contributed by atoms with Crippen molar-refractivity contribution in [3.05, 3.63) is 24.0 Å². The zero-order valence-corrected chi connectivity index (χ0v) is 6.32. The lowest BCUT2D eigenvalue weighted by molar-refractivity contribution is 0.609. The molecule has 1 aromatic heterocycles. The highest BCUT2D eigenvalue weighted by Gasteiger charge is 2.03. The Kier molecular flexibility index (Phi) is 1.89. The Labute approximate surface area is 63.9 Å². The van der Waals surface area contributed by atoms with Crippen LogP contribution in [0.1, 0.15) is 6.92 Å². The summed E-state index contributed by atoms with van der Waals surface area (Å²) in [5, 5.41) is 7.11. The van der Waals surface area contributed by atoms with Crippen molar-refractivity contribution in [2.45, 2.75) is 13.5 Å². The average Bonchev–Trinajstić information content (AvgIpc) is 2.30. The Morgan fingerprint density at radius 3 is 2.55 bits per heavy atom. The van der Waals surface area contributed by atoms with Gasteiger partial charge in [-0.05, 0) is 24.3 Å². The van der Waals surface area contributed by atoms with Gasteiger partial charge in [-0.15, -0.1) is 0 Å². The van der Waals surface area contributed by atoms with Crippen molar-refractivity contribution in [3.8, 4) is 0 Å². The van der Waals surface area contributed by atoms with Crippen LogP contribution in [0.2, 0.25) is 0 Å². The third-order valence-electron chi connectivity index (χ3n) is 1.24. The Morgan fingerprint density at radius 1 is 1.64 bits per heavy atom.